The molecule has 0 bridgehead atoms. The van der Waals surface area contributed by atoms with Gasteiger partial charge in [0, 0.05) is 18.5 Å². The summed E-state index contributed by atoms with van der Waals surface area (Å²) in [5, 5.41) is 2.90. The molecule has 0 aliphatic heterocycles. The fourth-order valence-corrected chi connectivity index (χ4v) is 1.68. The first-order chi connectivity index (χ1) is 8.65. The van der Waals surface area contributed by atoms with E-state index in [9.17, 15) is 4.79 Å². The number of rotatable bonds is 6. The highest BCUT2D eigenvalue weighted by Crippen LogP contribution is 2.14. The molecule has 96 valence electrons. The van der Waals surface area contributed by atoms with Crippen molar-refractivity contribution >= 4 is 5.91 Å². The molecule has 2 heteroatoms. The van der Waals surface area contributed by atoms with E-state index in [4.69, 9.17) is 6.42 Å². The van der Waals surface area contributed by atoms with E-state index in [-0.39, 0.29) is 5.91 Å². The lowest BCUT2D eigenvalue weighted by Crippen LogP contribution is -2.24. The van der Waals surface area contributed by atoms with E-state index < -0.39 is 0 Å². The van der Waals surface area contributed by atoms with Crippen LogP contribution in [0.25, 0.3) is 0 Å². The monoisotopic (exact) mass is 243 g/mol. The van der Waals surface area contributed by atoms with E-state index in [1.54, 1.807) is 0 Å². The molecule has 1 aromatic rings. The number of hydrogen-bond donors (Lipinski definition) is 1. The predicted molar refractivity (Wildman–Crippen MR) is 75.5 cm³/mol. The summed E-state index contributed by atoms with van der Waals surface area (Å²) in [6.45, 7) is 4.97. The molecule has 2 nitrogen and oxygen atoms in total. The number of carbonyl (C=O) groups excluding carboxylic acids is 1. The predicted octanol–water partition coefficient (Wildman–Crippen LogP) is 3.34. The maximum absolute atomic E-state index is 11.8. The molecule has 1 N–H and O–H groups in total. The van der Waals surface area contributed by atoms with Crippen molar-refractivity contribution in [1.29, 1.82) is 0 Å². The van der Waals surface area contributed by atoms with E-state index >= 15 is 0 Å². The van der Waals surface area contributed by atoms with Crippen molar-refractivity contribution in [2.24, 2.45) is 0 Å². The number of unbranched alkanes of at least 4 members (excludes halogenated alkanes) is 2. The van der Waals surface area contributed by atoms with Crippen LogP contribution in [0.3, 0.4) is 0 Å². The molecule has 0 spiro atoms. The maximum Gasteiger partial charge on any atom is 0.251 e. The summed E-state index contributed by atoms with van der Waals surface area (Å²) in [4.78, 5) is 11.8. The molecule has 0 radical (unpaired) electrons. The van der Waals surface area contributed by atoms with Crippen molar-refractivity contribution in [2.45, 2.75) is 39.0 Å². The van der Waals surface area contributed by atoms with Crippen LogP contribution in [0.1, 0.15) is 54.9 Å². The van der Waals surface area contributed by atoms with Gasteiger partial charge in [-0.1, -0.05) is 26.0 Å². The third-order valence-electron chi connectivity index (χ3n) is 2.87. The highest BCUT2D eigenvalue weighted by molar-refractivity contribution is 5.94. The largest absolute Gasteiger partial charge is 0.352 e. The third kappa shape index (κ3) is 4.63. The van der Waals surface area contributed by atoms with Crippen LogP contribution in [0.5, 0.6) is 0 Å². The summed E-state index contributed by atoms with van der Waals surface area (Å²) < 4.78 is 0. The Hall–Kier alpha value is -1.75. The fourth-order valence-electron chi connectivity index (χ4n) is 1.68. The second kappa shape index (κ2) is 7.55. The normalized spacial score (nSPS) is 10.1. The smallest absolute Gasteiger partial charge is 0.251 e. The second-order valence-electron chi connectivity index (χ2n) is 4.69. The number of hydrogen-bond acceptors (Lipinski definition) is 1. The maximum atomic E-state index is 11.8. The standard InChI is InChI=1S/C16H21NO/c1-4-5-6-7-12-17-16(18)15-10-8-14(9-11-15)13(2)3/h1,8-11,13H,5-7,12H2,2-3H3,(H,17,18). The molecule has 0 saturated heterocycles. The van der Waals surface area contributed by atoms with Crippen LogP contribution < -0.4 is 5.32 Å². The number of benzene rings is 1. The van der Waals surface area contributed by atoms with Gasteiger partial charge in [-0.3, -0.25) is 4.79 Å². The van der Waals surface area contributed by atoms with Crippen molar-refractivity contribution in [1.82, 2.24) is 5.32 Å². The molecular weight excluding hydrogens is 222 g/mol. The van der Waals surface area contributed by atoms with Gasteiger partial charge in [0.1, 0.15) is 0 Å². The zero-order chi connectivity index (χ0) is 13.4. The Morgan fingerprint density at radius 3 is 2.50 bits per heavy atom. The Morgan fingerprint density at radius 2 is 1.94 bits per heavy atom. The van der Waals surface area contributed by atoms with Crippen LogP contribution in [0.15, 0.2) is 24.3 Å². The van der Waals surface area contributed by atoms with E-state index in [1.165, 1.54) is 5.56 Å². The molecule has 0 unspecified atom stereocenters. The molecule has 0 saturated carbocycles. The minimum absolute atomic E-state index is 0.00832. The first-order valence-electron chi connectivity index (χ1n) is 6.46. The van der Waals surface area contributed by atoms with Gasteiger partial charge < -0.3 is 5.32 Å². The third-order valence-corrected chi connectivity index (χ3v) is 2.87. The van der Waals surface area contributed by atoms with Crippen LogP contribution in [0, 0.1) is 12.3 Å². The molecule has 1 aromatic carbocycles. The number of terminal acetylenes is 1. The molecule has 1 amide bonds. The van der Waals surface area contributed by atoms with Gasteiger partial charge in [-0.15, -0.1) is 12.3 Å². The molecule has 0 aliphatic rings. The Bertz CT molecular complexity index is 412. The lowest BCUT2D eigenvalue weighted by molar-refractivity contribution is 0.0953. The van der Waals surface area contributed by atoms with Gasteiger partial charge in [0.2, 0.25) is 0 Å². The average Bonchev–Trinajstić information content (AvgIpc) is 2.38. The van der Waals surface area contributed by atoms with E-state index in [2.05, 4.69) is 25.1 Å². The molecule has 1 rings (SSSR count). The molecule has 0 atom stereocenters. The summed E-state index contributed by atoms with van der Waals surface area (Å²) in [5.41, 5.74) is 1.97. The molecule has 0 heterocycles. The van der Waals surface area contributed by atoms with Gasteiger partial charge >= 0.3 is 0 Å². The van der Waals surface area contributed by atoms with Crippen molar-refractivity contribution < 1.29 is 4.79 Å². The van der Waals surface area contributed by atoms with Crippen LogP contribution in [-0.2, 0) is 0 Å². The minimum Gasteiger partial charge on any atom is -0.352 e. The van der Waals surface area contributed by atoms with Crippen LogP contribution in [0.4, 0.5) is 0 Å². The van der Waals surface area contributed by atoms with Gasteiger partial charge in [0.15, 0.2) is 0 Å². The Balaban J connectivity index is 2.40. The second-order valence-corrected chi connectivity index (χ2v) is 4.69. The molecular formula is C16H21NO. The minimum atomic E-state index is -0.00832. The lowest BCUT2D eigenvalue weighted by atomic mass is 10.0. The quantitative estimate of drug-likeness (QED) is 0.602. The number of nitrogens with one attached hydrogen (secondary N) is 1. The van der Waals surface area contributed by atoms with E-state index in [1.807, 2.05) is 24.3 Å². The number of amides is 1. The van der Waals surface area contributed by atoms with Crippen LogP contribution in [-0.4, -0.2) is 12.5 Å². The van der Waals surface area contributed by atoms with E-state index in [0.717, 1.165) is 24.8 Å². The highest BCUT2D eigenvalue weighted by Gasteiger charge is 2.05. The first kappa shape index (κ1) is 14.3. The van der Waals surface area contributed by atoms with E-state index in [0.29, 0.717) is 12.5 Å². The van der Waals surface area contributed by atoms with Gasteiger partial charge in [0.05, 0.1) is 0 Å². The van der Waals surface area contributed by atoms with Crippen molar-refractivity contribution in [3.05, 3.63) is 35.4 Å². The zero-order valence-electron chi connectivity index (χ0n) is 11.2. The number of carbonyl (C=O) groups is 1. The lowest BCUT2D eigenvalue weighted by Gasteiger charge is -2.07. The summed E-state index contributed by atoms with van der Waals surface area (Å²) >= 11 is 0. The van der Waals surface area contributed by atoms with Crippen molar-refractivity contribution in [2.75, 3.05) is 6.54 Å². The Morgan fingerprint density at radius 1 is 1.28 bits per heavy atom. The van der Waals surface area contributed by atoms with Crippen molar-refractivity contribution in [3.8, 4) is 12.3 Å². The summed E-state index contributed by atoms with van der Waals surface area (Å²) in [6.07, 6.45) is 7.83. The first-order valence-corrected chi connectivity index (χ1v) is 6.46. The summed E-state index contributed by atoms with van der Waals surface area (Å²) in [6, 6.07) is 7.79. The summed E-state index contributed by atoms with van der Waals surface area (Å²) in [7, 11) is 0. The Labute approximate surface area is 110 Å². The molecule has 0 aliphatic carbocycles. The van der Waals surface area contributed by atoms with Gasteiger partial charge in [0.25, 0.3) is 5.91 Å². The van der Waals surface area contributed by atoms with Gasteiger partial charge in [-0.05, 0) is 36.5 Å². The van der Waals surface area contributed by atoms with Crippen molar-refractivity contribution in [3.63, 3.8) is 0 Å². The van der Waals surface area contributed by atoms with Crippen LogP contribution in [0.2, 0.25) is 0 Å². The topological polar surface area (TPSA) is 29.1 Å². The Kier molecular flexibility index (Phi) is 6.00. The summed E-state index contributed by atoms with van der Waals surface area (Å²) in [5.74, 6) is 3.07. The SMILES string of the molecule is C#CCCCCNC(=O)c1ccc(C(C)C)cc1. The van der Waals surface area contributed by atoms with Gasteiger partial charge in [-0.25, -0.2) is 0 Å². The fraction of sp³-hybridized carbons (Fsp3) is 0.438. The van der Waals surface area contributed by atoms with Crippen LogP contribution >= 0.6 is 0 Å². The molecule has 0 fully saturated rings. The zero-order valence-corrected chi connectivity index (χ0v) is 11.2. The molecule has 18 heavy (non-hydrogen) atoms. The highest BCUT2D eigenvalue weighted by atomic mass is 16.1. The molecule has 0 aromatic heterocycles. The average molecular weight is 243 g/mol. The van der Waals surface area contributed by atoms with Gasteiger partial charge in [-0.2, -0.15) is 0 Å².